The van der Waals surface area contributed by atoms with E-state index in [0.717, 1.165) is 19.6 Å². The van der Waals surface area contributed by atoms with Crippen molar-refractivity contribution in [1.29, 1.82) is 0 Å². The Bertz CT molecular complexity index is 300. The summed E-state index contributed by atoms with van der Waals surface area (Å²) in [7, 11) is 6.37. The Morgan fingerprint density at radius 1 is 1.58 bits per heavy atom. The van der Waals surface area contributed by atoms with Crippen LogP contribution in [0.25, 0.3) is 0 Å². The number of nitrogens with zero attached hydrogens (tertiary/aromatic N) is 3. The summed E-state index contributed by atoms with van der Waals surface area (Å²) in [6.45, 7) is 3.23. The van der Waals surface area contributed by atoms with E-state index in [-0.39, 0.29) is 6.03 Å². The minimum Gasteiger partial charge on any atom is -0.322 e. The van der Waals surface area contributed by atoms with E-state index in [1.54, 1.807) is 4.67 Å². The van der Waals surface area contributed by atoms with E-state index in [4.69, 9.17) is 0 Å². The first-order chi connectivity index (χ1) is 9.06. The van der Waals surface area contributed by atoms with E-state index in [0.29, 0.717) is 19.1 Å². The Labute approximate surface area is 116 Å². The van der Waals surface area contributed by atoms with Gasteiger partial charge in [0.25, 0.3) is 0 Å². The Morgan fingerprint density at radius 3 is 2.84 bits per heavy atom. The SMILES string of the molecule is CN(C)CCONC=O.O=C1N2CCCC(C2)N1P. The second-order valence-corrected chi connectivity index (χ2v) is 5.38. The number of carbonyl (C=O) groups is 2. The Morgan fingerprint density at radius 2 is 2.32 bits per heavy atom. The van der Waals surface area contributed by atoms with Gasteiger partial charge in [-0.2, -0.15) is 0 Å². The number of nitrogens with one attached hydrogen (secondary N) is 1. The fourth-order valence-electron chi connectivity index (χ4n) is 2.00. The Hall–Kier alpha value is -0.910. The molecule has 0 aromatic rings. The smallest absolute Gasteiger partial charge is 0.322 e. The van der Waals surface area contributed by atoms with Gasteiger partial charge in [0.2, 0.25) is 6.41 Å². The lowest BCUT2D eigenvalue weighted by Gasteiger charge is -2.19. The number of hydroxylamine groups is 1. The monoisotopic (exact) mass is 290 g/mol. The molecule has 0 saturated carbocycles. The molecule has 7 nitrogen and oxygen atoms in total. The second kappa shape index (κ2) is 8.30. The number of urea groups is 1. The van der Waals surface area contributed by atoms with Crippen molar-refractivity contribution in [3.05, 3.63) is 0 Å². The molecule has 0 spiro atoms. The second-order valence-electron chi connectivity index (χ2n) is 4.82. The fourth-order valence-corrected chi connectivity index (χ4v) is 2.40. The maximum absolute atomic E-state index is 11.2. The van der Waals surface area contributed by atoms with Gasteiger partial charge in [-0.25, -0.2) is 10.3 Å². The highest BCUT2D eigenvalue weighted by Gasteiger charge is 2.37. The molecule has 3 amide bonds. The van der Waals surface area contributed by atoms with E-state index in [9.17, 15) is 9.59 Å². The highest BCUT2D eigenvalue weighted by atomic mass is 31.0. The van der Waals surface area contributed by atoms with Crippen molar-refractivity contribution < 1.29 is 14.4 Å². The topological polar surface area (TPSA) is 65.1 Å². The molecule has 2 heterocycles. The maximum Gasteiger partial charge on any atom is 0.323 e. The molecule has 0 aromatic carbocycles. The Balaban J connectivity index is 0.000000192. The van der Waals surface area contributed by atoms with Crippen LogP contribution in [0, 0.1) is 0 Å². The van der Waals surface area contributed by atoms with Crippen molar-refractivity contribution in [2.24, 2.45) is 0 Å². The number of fused-ring (bicyclic) bond motifs is 2. The van der Waals surface area contributed by atoms with E-state index in [2.05, 4.69) is 19.7 Å². The fraction of sp³-hybridized carbons (Fsp3) is 0.818. The van der Waals surface area contributed by atoms with Crippen molar-refractivity contribution in [3.8, 4) is 0 Å². The molecule has 2 rings (SSSR count). The molecule has 1 N–H and O–H groups in total. The lowest BCUT2D eigenvalue weighted by Crippen LogP contribution is -2.30. The molecule has 0 aromatic heterocycles. The van der Waals surface area contributed by atoms with Crippen molar-refractivity contribution in [3.63, 3.8) is 0 Å². The molecule has 2 saturated heterocycles. The van der Waals surface area contributed by atoms with Crippen molar-refractivity contribution in [1.82, 2.24) is 20.0 Å². The number of piperidine rings is 1. The van der Waals surface area contributed by atoms with Crippen LogP contribution in [-0.2, 0) is 9.63 Å². The number of likely N-dealkylation sites (N-methyl/N-ethyl adjacent to an activating group) is 1. The Kier molecular flexibility index (Phi) is 7.05. The summed E-state index contributed by atoms with van der Waals surface area (Å²) in [5.74, 6) is 0. The lowest BCUT2D eigenvalue weighted by molar-refractivity contribution is -0.120. The quantitative estimate of drug-likeness (QED) is 0.332. The van der Waals surface area contributed by atoms with E-state index >= 15 is 0 Å². The van der Waals surface area contributed by atoms with Crippen LogP contribution in [0.3, 0.4) is 0 Å². The molecule has 2 aliphatic rings. The van der Waals surface area contributed by atoms with Gasteiger partial charge in [-0.15, -0.1) is 0 Å². The molecule has 0 aliphatic carbocycles. The standard InChI is InChI=1S/C6H11N2OP.C5H12N2O2/c9-6-7-3-1-2-5(4-7)8(6)10;1-7(2)3-4-9-6-5-8/h5H,1-4,10H2;5H,3-4H2,1-2H3,(H,6,8). The summed E-state index contributed by atoms with van der Waals surface area (Å²) >= 11 is 0. The van der Waals surface area contributed by atoms with Gasteiger partial charge in [0.05, 0.1) is 12.6 Å². The van der Waals surface area contributed by atoms with Gasteiger partial charge < -0.3 is 14.5 Å². The van der Waals surface area contributed by atoms with Gasteiger partial charge in [0.1, 0.15) is 0 Å². The van der Waals surface area contributed by atoms with Crippen LogP contribution in [0.1, 0.15) is 12.8 Å². The zero-order valence-corrected chi connectivity index (χ0v) is 12.7. The largest absolute Gasteiger partial charge is 0.323 e. The van der Waals surface area contributed by atoms with Crippen LogP contribution in [0.4, 0.5) is 4.79 Å². The first-order valence-corrected chi connectivity index (χ1v) is 6.86. The molecule has 2 aliphatic heterocycles. The zero-order valence-electron chi connectivity index (χ0n) is 11.5. The van der Waals surface area contributed by atoms with Crippen LogP contribution in [0.15, 0.2) is 0 Å². The summed E-state index contributed by atoms with van der Waals surface area (Å²) in [5.41, 5.74) is 2.10. The summed E-state index contributed by atoms with van der Waals surface area (Å²) in [6.07, 6.45) is 2.85. The summed E-state index contributed by atoms with van der Waals surface area (Å²) in [4.78, 5) is 29.3. The molecule has 2 atom stereocenters. The number of hydrogen-bond acceptors (Lipinski definition) is 4. The molecule has 2 bridgehead atoms. The zero-order chi connectivity index (χ0) is 14.3. The summed E-state index contributed by atoms with van der Waals surface area (Å²) in [5, 5.41) is 0. The number of hydrogen-bond donors (Lipinski definition) is 1. The van der Waals surface area contributed by atoms with E-state index < -0.39 is 0 Å². The highest BCUT2D eigenvalue weighted by Crippen LogP contribution is 2.27. The molecule has 2 unspecified atom stereocenters. The van der Waals surface area contributed by atoms with Crippen LogP contribution in [0.2, 0.25) is 0 Å². The van der Waals surface area contributed by atoms with Crippen LogP contribution in [-0.4, -0.2) is 73.3 Å². The lowest BCUT2D eigenvalue weighted by atomic mass is 10.1. The maximum atomic E-state index is 11.2. The minimum atomic E-state index is 0.188. The first kappa shape index (κ1) is 16.1. The number of rotatable bonds is 5. The molecule has 19 heavy (non-hydrogen) atoms. The van der Waals surface area contributed by atoms with Gasteiger partial charge in [-0.05, 0) is 36.3 Å². The normalized spacial score (nSPS) is 21.3. The predicted molar refractivity (Wildman–Crippen MR) is 75.2 cm³/mol. The predicted octanol–water partition coefficient (Wildman–Crippen LogP) is -0.0979. The average molecular weight is 290 g/mol. The molecular weight excluding hydrogens is 267 g/mol. The van der Waals surface area contributed by atoms with Crippen molar-refractivity contribution in [2.75, 3.05) is 40.3 Å². The molecule has 8 heteroatoms. The van der Waals surface area contributed by atoms with Gasteiger partial charge in [0.15, 0.2) is 0 Å². The van der Waals surface area contributed by atoms with Gasteiger partial charge in [-0.3, -0.25) is 9.63 Å². The van der Waals surface area contributed by atoms with Crippen LogP contribution >= 0.6 is 9.39 Å². The molecule has 0 radical (unpaired) electrons. The third kappa shape index (κ3) is 5.30. The third-order valence-corrected chi connectivity index (χ3v) is 3.70. The van der Waals surface area contributed by atoms with Crippen LogP contribution in [0.5, 0.6) is 0 Å². The highest BCUT2D eigenvalue weighted by molar-refractivity contribution is 7.14. The van der Waals surface area contributed by atoms with Crippen molar-refractivity contribution >= 4 is 21.8 Å². The van der Waals surface area contributed by atoms with Gasteiger partial charge in [0, 0.05) is 19.6 Å². The van der Waals surface area contributed by atoms with E-state index in [1.165, 1.54) is 12.8 Å². The summed E-state index contributed by atoms with van der Waals surface area (Å²) < 4.78 is 1.78. The average Bonchev–Trinajstić information content (AvgIpc) is 2.59. The third-order valence-electron chi connectivity index (χ3n) is 3.05. The van der Waals surface area contributed by atoms with Gasteiger partial charge in [-0.1, -0.05) is 0 Å². The van der Waals surface area contributed by atoms with Crippen molar-refractivity contribution in [2.45, 2.75) is 18.9 Å². The minimum absolute atomic E-state index is 0.188. The number of amides is 3. The number of carbonyl (C=O) groups excluding carboxylic acids is 2. The summed E-state index contributed by atoms with van der Waals surface area (Å²) in [6, 6.07) is 0.666. The molecular formula is C11H23N4O3P. The van der Waals surface area contributed by atoms with Crippen LogP contribution < -0.4 is 5.48 Å². The first-order valence-electron chi connectivity index (χ1n) is 6.34. The molecule has 2 fully saturated rings. The molecule has 110 valence electrons. The van der Waals surface area contributed by atoms with Gasteiger partial charge >= 0.3 is 6.03 Å². The van der Waals surface area contributed by atoms with E-state index in [1.807, 2.05) is 23.9 Å².